The van der Waals surface area contributed by atoms with Crippen LogP contribution in [0.25, 0.3) is 0 Å². The van der Waals surface area contributed by atoms with Crippen LogP contribution in [0.5, 0.6) is 0 Å². The number of aromatic carboxylic acids is 1. The summed E-state index contributed by atoms with van der Waals surface area (Å²) in [7, 11) is 0. The molecule has 0 unspecified atom stereocenters. The van der Waals surface area contributed by atoms with Gasteiger partial charge in [-0.15, -0.1) is 0 Å². The fourth-order valence-electron chi connectivity index (χ4n) is 1.90. The Bertz CT molecular complexity index is 540. The van der Waals surface area contributed by atoms with Crippen LogP contribution in [0.3, 0.4) is 0 Å². The summed E-state index contributed by atoms with van der Waals surface area (Å²) in [6.07, 6.45) is 3.20. The number of carboxylic acids is 1. The smallest absolute Gasteiger partial charge is 0.335 e. The normalized spacial score (nSPS) is 10.1. The second kappa shape index (κ2) is 8.15. The van der Waals surface area contributed by atoms with E-state index in [1.807, 2.05) is 0 Å². The molecule has 0 fully saturated rings. The first kappa shape index (κ1) is 16.8. The van der Waals surface area contributed by atoms with Gasteiger partial charge in [0, 0.05) is 18.4 Å². The van der Waals surface area contributed by atoms with Gasteiger partial charge in [0.1, 0.15) is 0 Å². The Hall–Kier alpha value is -2.23. The summed E-state index contributed by atoms with van der Waals surface area (Å²) >= 11 is 0. The van der Waals surface area contributed by atoms with Gasteiger partial charge in [0.25, 0.3) is 0 Å². The van der Waals surface area contributed by atoms with Crippen LogP contribution in [0.15, 0.2) is 36.4 Å². The minimum Gasteiger partial charge on any atom is -0.478 e. The zero-order valence-corrected chi connectivity index (χ0v) is 12.2. The van der Waals surface area contributed by atoms with Crippen molar-refractivity contribution < 1.29 is 19.5 Å². The molecular weight excluding hydrogens is 268 g/mol. The highest BCUT2D eigenvalue weighted by Crippen LogP contribution is 2.11. The van der Waals surface area contributed by atoms with Gasteiger partial charge in [0.2, 0.25) is 0 Å². The molecule has 112 valence electrons. The first-order chi connectivity index (χ1) is 9.91. The van der Waals surface area contributed by atoms with E-state index in [1.165, 1.54) is 24.3 Å². The summed E-state index contributed by atoms with van der Waals surface area (Å²) in [5.41, 5.74) is 1.27. The van der Waals surface area contributed by atoms with Crippen molar-refractivity contribution in [2.45, 2.75) is 39.0 Å². The molecule has 0 aliphatic rings. The molecule has 0 amide bonds. The van der Waals surface area contributed by atoms with Gasteiger partial charge in [-0.05, 0) is 37.5 Å². The summed E-state index contributed by atoms with van der Waals surface area (Å²) in [6.45, 7) is 5.30. The maximum atomic E-state index is 11.9. The highest BCUT2D eigenvalue weighted by Gasteiger charge is 2.08. The van der Waals surface area contributed by atoms with Gasteiger partial charge in [0.15, 0.2) is 11.6 Å². The third-order valence-electron chi connectivity index (χ3n) is 3.24. The lowest BCUT2D eigenvalue weighted by Gasteiger charge is -2.03. The van der Waals surface area contributed by atoms with E-state index in [1.54, 1.807) is 6.92 Å². The minimum absolute atomic E-state index is 0.00170. The predicted octanol–water partition coefficient (Wildman–Crippen LogP) is 3.66. The predicted molar refractivity (Wildman–Crippen MR) is 80.6 cm³/mol. The Labute approximate surface area is 124 Å². The van der Waals surface area contributed by atoms with Crippen molar-refractivity contribution in [2.75, 3.05) is 0 Å². The molecule has 4 nitrogen and oxygen atoms in total. The van der Waals surface area contributed by atoms with Crippen molar-refractivity contribution in [3.8, 4) is 0 Å². The number of benzene rings is 1. The van der Waals surface area contributed by atoms with Crippen LogP contribution < -0.4 is 0 Å². The molecule has 0 spiro atoms. The molecule has 0 saturated carbocycles. The third kappa shape index (κ3) is 5.73. The highest BCUT2D eigenvalue weighted by molar-refractivity contribution is 5.97. The number of ketones is 2. The van der Waals surface area contributed by atoms with E-state index in [2.05, 4.69) is 6.58 Å². The van der Waals surface area contributed by atoms with Crippen molar-refractivity contribution in [3.05, 3.63) is 47.5 Å². The maximum absolute atomic E-state index is 11.9. The number of Topliss-reactive ketones (excluding diaryl/α,β-unsaturated/α-hetero) is 2. The Morgan fingerprint density at radius 2 is 1.48 bits per heavy atom. The number of hydrogen-bond acceptors (Lipinski definition) is 3. The topological polar surface area (TPSA) is 71.4 Å². The summed E-state index contributed by atoms with van der Waals surface area (Å²) in [5, 5.41) is 8.78. The number of rotatable bonds is 9. The number of carboxylic acid groups (broad SMARTS) is 1. The average molecular weight is 288 g/mol. The van der Waals surface area contributed by atoms with Gasteiger partial charge in [0.05, 0.1) is 5.56 Å². The number of unbranched alkanes of at least 4 members (excludes halogenated alkanes) is 2. The molecule has 1 aromatic rings. The number of hydrogen-bond donors (Lipinski definition) is 1. The molecule has 0 bridgehead atoms. The van der Waals surface area contributed by atoms with E-state index < -0.39 is 5.97 Å². The SMILES string of the molecule is C=C(C)C(=O)CCCCCC(=O)c1ccc(C(=O)O)cc1. The second-order valence-electron chi connectivity index (χ2n) is 5.07. The molecule has 0 heterocycles. The van der Waals surface area contributed by atoms with Crippen LogP contribution in [0.4, 0.5) is 0 Å². The summed E-state index contributed by atoms with van der Waals surface area (Å²) in [6, 6.07) is 5.94. The van der Waals surface area contributed by atoms with Gasteiger partial charge in [-0.1, -0.05) is 25.1 Å². The van der Waals surface area contributed by atoms with Crippen molar-refractivity contribution in [3.63, 3.8) is 0 Å². The molecule has 21 heavy (non-hydrogen) atoms. The van der Waals surface area contributed by atoms with E-state index in [4.69, 9.17) is 5.11 Å². The van der Waals surface area contributed by atoms with Crippen molar-refractivity contribution in [1.29, 1.82) is 0 Å². The summed E-state index contributed by atoms with van der Waals surface area (Å²) in [5.74, 6) is -0.931. The number of carbonyl (C=O) groups excluding carboxylic acids is 2. The lowest BCUT2D eigenvalue weighted by molar-refractivity contribution is -0.115. The van der Waals surface area contributed by atoms with E-state index in [-0.39, 0.29) is 17.1 Å². The average Bonchev–Trinajstić information content (AvgIpc) is 2.46. The fourth-order valence-corrected chi connectivity index (χ4v) is 1.90. The lowest BCUT2D eigenvalue weighted by atomic mass is 10.0. The molecule has 0 atom stereocenters. The highest BCUT2D eigenvalue weighted by atomic mass is 16.4. The molecule has 1 rings (SSSR count). The standard InChI is InChI=1S/C17H20O4/c1-12(2)15(18)6-4-3-5-7-16(19)13-8-10-14(11-9-13)17(20)21/h8-11H,1,3-7H2,2H3,(H,20,21). The molecular formula is C17H20O4. The largest absolute Gasteiger partial charge is 0.478 e. The number of allylic oxidation sites excluding steroid dienone is 1. The lowest BCUT2D eigenvalue weighted by Crippen LogP contribution is -2.02. The zero-order valence-electron chi connectivity index (χ0n) is 12.2. The van der Waals surface area contributed by atoms with E-state index in [9.17, 15) is 14.4 Å². The Morgan fingerprint density at radius 3 is 2.00 bits per heavy atom. The van der Waals surface area contributed by atoms with Gasteiger partial charge in [-0.2, -0.15) is 0 Å². The summed E-state index contributed by atoms with van der Waals surface area (Å²) < 4.78 is 0. The van der Waals surface area contributed by atoms with Crippen LogP contribution >= 0.6 is 0 Å². The van der Waals surface area contributed by atoms with Crippen molar-refractivity contribution in [1.82, 2.24) is 0 Å². The van der Waals surface area contributed by atoms with Crippen LogP contribution in [-0.2, 0) is 4.79 Å². The van der Waals surface area contributed by atoms with Crippen LogP contribution in [0.1, 0.15) is 59.7 Å². The van der Waals surface area contributed by atoms with Gasteiger partial charge in [-0.25, -0.2) is 4.79 Å². The Balaban J connectivity index is 2.32. The molecule has 1 N–H and O–H groups in total. The molecule has 1 aromatic carbocycles. The van der Waals surface area contributed by atoms with Gasteiger partial charge in [-0.3, -0.25) is 9.59 Å². The molecule has 4 heteroatoms. The third-order valence-corrected chi connectivity index (χ3v) is 3.24. The van der Waals surface area contributed by atoms with Crippen LogP contribution in [0, 0.1) is 0 Å². The van der Waals surface area contributed by atoms with Gasteiger partial charge >= 0.3 is 5.97 Å². The Kier molecular flexibility index (Phi) is 6.53. The minimum atomic E-state index is -1.00. The van der Waals surface area contributed by atoms with Gasteiger partial charge < -0.3 is 5.11 Å². The quantitative estimate of drug-likeness (QED) is 0.427. The molecule has 0 aliphatic heterocycles. The van der Waals surface area contributed by atoms with Crippen molar-refractivity contribution >= 4 is 17.5 Å². The molecule has 0 radical (unpaired) electrons. The van der Waals surface area contributed by atoms with E-state index in [0.29, 0.717) is 24.0 Å². The van der Waals surface area contributed by atoms with E-state index >= 15 is 0 Å². The first-order valence-electron chi connectivity index (χ1n) is 6.97. The monoisotopic (exact) mass is 288 g/mol. The molecule has 0 aromatic heterocycles. The number of carbonyl (C=O) groups is 3. The summed E-state index contributed by atoms with van der Waals surface area (Å²) in [4.78, 5) is 33.9. The van der Waals surface area contributed by atoms with Crippen molar-refractivity contribution in [2.24, 2.45) is 0 Å². The molecule has 0 aliphatic carbocycles. The fraction of sp³-hybridized carbons (Fsp3) is 0.353. The second-order valence-corrected chi connectivity index (χ2v) is 5.07. The first-order valence-corrected chi connectivity index (χ1v) is 6.97. The molecule has 0 saturated heterocycles. The van der Waals surface area contributed by atoms with E-state index in [0.717, 1.165) is 19.3 Å². The maximum Gasteiger partial charge on any atom is 0.335 e. The van der Waals surface area contributed by atoms with Crippen LogP contribution in [0.2, 0.25) is 0 Å². The Morgan fingerprint density at radius 1 is 0.952 bits per heavy atom. The van der Waals surface area contributed by atoms with Crippen LogP contribution in [-0.4, -0.2) is 22.6 Å². The zero-order chi connectivity index (χ0) is 15.8.